The number of rotatable bonds is 4. The fraction of sp³-hybridized carbons (Fsp3) is 0.500. The predicted octanol–water partition coefficient (Wildman–Crippen LogP) is 4.99. The summed E-state index contributed by atoms with van der Waals surface area (Å²) in [4.78, 5) is 5.18. The quantitative estimate of drug-likeness (QED) is 0.698. The van der Waals surface area contributed by atoms with E-state index in [-0.39, 0.29) is 0 Å². The summed E-state index contributed by atoms with van der Waals surface area (Å²) in [7, 11) is 5.07. The fourth-order valence-electron chi connectivity index (χ4n) is 4.97. The number of fused-ring (bicyclic) bond motifs is 4. The van der Waals surface area contributed by atoms with E-state index in [1.807, 2.05) is 12.1 Å². The first-order valence-electron chi connectivity index (χ1n) is 11.3. The van der Waals surface area contributed by atoms with E-state index >= 15 is 0 Å². The maximum absolute atomic E-state index is 5.57. The summed E-state index contributed by atoms with van der Waals surface area (Å²) in [5.74, 6) is 3.89. The van der Waals surface area contributed by atoms with Crippen molar-refractivity contribution >= 4 is 5.71 Å². The van der Waals surface area contributed by atoms with Gasteiger partial charge in [0.1, 0.15) is 5.75 Å². The Labute approximate surface area is 184 Å². The predicted molar refractivity (Wildman–Crippen MR) is 121 cm³/mol. The zero-order valence-corrected chi connectivity index (χ0v) is 18.6. The number of ether oxygens (including phenoxy) is 4. The molecule has 164 valence electrons. The third-order valence-electron chi connectivity index (χ3n) is 6.98. The molecule has 0 N–H and O–H groups in total. The van der Waals surface area contributed by atoms with Crippen LogP contribution in [-0.2, 0) is 4.74 Å². The van der Waals surface area contributed by atoms with Gasteiger partial charge in [-0.2, -0.15) is 0 Å². The molecular weight excluding hydrogens is 390 g/mol. The van der Waals surface area contributed by atoms with E-state index in [0.29, 0.717) is 12.0 Å². The van der Waals surface area contributed by atoms with Crippen molar-refractivity contribution in [3.63, 3.8) is 0 Å². The Balaban J connectivity index is 0.000000352. The lowest BCUT2D eigenvalue weighted by Crippen LogP contribution is -2.29. The summed E-state index contributed by atoms with van der Waals surface area (Å²) in [6, 6.07) is 12.8. The standard InChI is InChI=1S/C22H25NO3.C4H6O/c1-24-15-10-8-14(9-11-15)22-18-13-21(26-3)20(25-2)12-17(18)16-6-4-5-7-19(16)23-22;1-3-2-5-4(1)3/h8-13,16,19H,4-7H2,1-3H3;3-4H,1-2H2. The van der Waals surface area contributed by atoms with Gasteiger partial charge in [0.15, 0.2) is 11.5 Å². The highest BCUT2D eigenvalue weighted by molar-refractivity contribution is 6.15. The molecule has 0 spiro atoms. The molecule has 4 unspecified atom stereocenters. The van der Waals surface area contributed by atoms with Crippen molar-refractivity contribution in [3.05, 3.63) is 53.1 Å². The zero-order chi connectivity index (χ0) is 21.4. The van der Waals surface area contributed by atoms with Crippen LogP contribution in [0.5, 0.6) is 17.2 Å². The monoisotopic (exact) mass is 421 g/mol. The molecule has 2 heterocycles. The maximum atomic E-state index is 5.57. The second kappa shape index (κ2) is 8.54. The minimum absolute atomic E-state index is 0.353. The van der Waals surface area contributed by atoms with Crippen molar-refractivity contribution in [1.29, 1.82) is 0 Å². The second-order valence-electron chi connectivity index (χ2n) is 8.83. The van der Waals surface area contributed by atoms with Gasteiger partial charge in [-0.15, -0.1) is 0 Å². The van der Waals surface area contributed by atoms with Crippen LogP contribution in [0.4, 0.5) is 0 Å². The molecule has 0 bridgehead atoms. The summed E-state index contributed by atoms with van der Waals surface area (Å²) in [5.41, 5.74) is 4.67. The summed E-state index contributed by atoms with van der Waals surface area (Å²) in [6.07, 6.45) is 6.95. The number of hydrogen-bond donors (Lipinski definition) is 0. The molecule has 0 radical (unpaired) electrons. The van der Waals surface area contributed by atoms with E-state index in [0.717, 1.165) is 59.1 Å². The van der Waals surface area contributed by atoms with E-state index in [1.54, 1.807) is 21.3 Å². The Morgan fingerprint density at radius 2 is 1.61 bits per heavy atom. The van der Waals surface area contributed by atoms with Crippen LogP contribution in [0.25, 0.3) is 0 Å². The topological polar surface area (TPSA) is 49.3 Å². The Hall–Kier alpha value is -2.53. The Morgan fingerprint density at radius 3 is 2.19 bits per heavy atom. The molecule has 6 rings (SSSR count). The molecule has 5 heteroatoms. The average molecular weight is 422 g/mol. The Morgan fingerprint density at radius 1 is 0.903 bits per heavy atom. The minimum Gasteiger partial charge on any atom is -0.497 e. The van der Waals surface area contributed by atoms with Crippen molar-refractivity contribution < 1.29 is 18.9 Å². The molecule has 2 aromatic rings. The molecule has 4 aliphatic rings. The lowest BCUT2D eigenvalue weighted by molar-refractivity contribution is 0.0231. The summed E-state index contributed by atoms with van der Waals surface area (Å²) >= 11 is 0. The van der Waals surface area contributed by atoms with Crippen molar-refractivity contribution in [3.8, 4) is 17.2 Å². The van der Waals surface area contributed by atoms with Crippen LogP contribution in [-0.4, -0.2) is 45.8 Å². The van der Waals surface area contributed by atoms with Gasteiger partial charge in [-0.1, -0.05) is 12.8 Å². The molecule has 0 aromatic heterocycles. The highest BCUT2D eigenvalue weighted by Gasteiger charge is 2.46. The van der Waals surface area contributed by atoms with Gasteiger partial charge in [0.05, 0.1) is 45.8 Å². The second-order valence-corrected chi connectivity index (χ2v) is 8.83. The number of aliphatic imine (C=N–C) groups is 1. The molecule has 2 aliphatic heterocycles. The van der Waals surface area contributed by atoms with Crippen LogP contribution in [0, 0.1) is 5.92 Å². The van der Waals surface area contributed by atoms with Crippen LogP contribution in [0.3, 0.4) is 0 Å². The Kier molecular flexibility index (Phi) is 5.61. The highest BCUT2D eigenvalue weighted by atomic mass is 16.5. The largest absolute Gasteiger partial charge is 0.497 e. The van der Waals surface area contributed by atoms with Gasteiger partial charge >= 0.3 is 0 Å². The molecule has 31 heavy (non-hydrogen) atoms. The minimum atomic E-state index is 0.353. The van der Waals surface area contributed by atoms with Gasteiger partial charge in [0.25, 0.3) is 0 Å². The first kappa shape index (κ1) is 20.4. The number of benzene rings is 2. The summed E-state index contributed by atoms with van der Waals surface area (Å²) in [5, 5.41) is 0. The molecule has 2 saturated carbocycles. The highest BCUT2D eigenvalue weighted by Crippen LogP contribution is 2.45. The average Bonchev–Trinajstić information content (AvgIpc) is 3.42. The zero-order valence-electron chi connectivity index (χ0n) is 18.6. The lowest BCUT2D eigenvalue weighted by atomic mass is 9.75. The summed E-state index contributed by atoms with van der Waals surface area (Å²) < 4.78 is 21.4. The van der Waals surface area contributed by atoms with Gasteiger partial charge in [-0.3, -0.25) is 4.99 Å². The van der Waals surface area contributed by atoms with Gasteiger partial charge in [-0.05, 0) is 61.2 Å². The van der Waals surface area contributed by atoms with Crippen molar-refractivity contribution in [2.45, 2.75) is 50.2 Å². The SMILES string of the molecule is C1OC2CC12.COc1ccc(C2=NC3CCCCC3c3cc(OC)c(OC)cc32)cc1. The molecule has 0 amide bonds. The van der Waals surface area contributed by atoms with Crippen LogP contribution in [0.15, 0.2) is 41.4 Å². The van der Waals surface area contributed by atoms with Crippen LogP contribution in [0.1, 0.15) is 54.7 Å². The third kappa shape index (κ3) is 3.91. The van der Waals surface area contributed by atoms with Crippen LogP contribution >= 0.6 is 0 Å². The van der Waals surface area contributed by atoms with Crippen LogP contribution in [0.2, 0.25) is 0 Å². The van der Waals surface area contributed by atoms with Gasteiger partial charge in [0.2, 0.25) is 0 Å². The number of hydrogen-bond acceptors (Lipinski definition) is 5. The number of methoxy groups -OCH3 is 3. The molecule has 5 nitrogen and oxygen atoms in total. The third-order valence-corrected chi connectivity index (χ3v) is 6.98. The van der Waals surface area contributed by atoms with E-state index in [4.69, 9.17) is 23.9 Å². The molecule has 4 atom stereocenters. The smallest absolute Gasteiger partial charge is 0.161 e. The number of nitrogens with zero attached hydrogens (tertiary/aromatic N) is 1. The van der Waals surface area contributed by atoms with Crippen LogP contribution < -0.4 is 14.2 Å². The lowest BCUT2D eigenvalue weighted by Gasteiger charge is -2.35. The van der Waals surface area contributed by atoms with E-state index < -0.39 is 0 Å². The van der Waals surface area contributed by atoms with Gasteiger partial charge < -0.3 is 18.9 Å². The van der Waals surface area contributed by atoms with Crippen molar-refractivity contribution in [2.75, 3.05) is 27.9 Å². The molecule has 2 aliphatic carbocycles. The molecule has 3 fully saturated rings. The van der Waals surface area contributed by atoms with E-state index in [9.17, 15) is 0 Å². The van der Waals surface area contributed by atoms with Gasteiger partial charge in [-0.25, -0.2) is 0 Å². The molecular formula is C26H31NO4. The normalized spacial score (nSPS) is 27.1. The van der Waals surface area contributed by atoms with Gasteiger partial charge in [0, 0.05) is 23.0 Å². The maximum Gasteiger partial charge on any atom is 0.161 e. The van der Waals surface area contributed by atoms with Crippen molar-refractivity contribution in [2.24, 2.45) is 10.9 Å². The van der Waals surface area contributed by atoms with E-state index in [2.05, 4.69) is 24.3 Å². The first-order valence-corrected chi connectivity index (χ1v) is 11.3. The van der Waals surface area contributed by atoms with Crippen molar-refractivity contribution in [1.82, 2.24) is 0 Å². The fourth-order valence-corrected chi connectivity index (χ4v) is 4.97. The Bertz CT molecular complexity index is 956. The molecule has 2 aromatic carbocycles. The molecule has 1 saturated heterocycles. The first-order chi connectivity index (χ1) is 15.2. The summed E-state index contributed by atoms with van der Waals surface area (Å²) in [6.45, 7) is 1.06. The van der Waals surface area contributed by atoms with E-state index in [1.165, 1.54) is 31.2 Å².